The van der Waals surface area contributed by atoms with Crippen LogP contribution in [-0.2, 0) is 0 Å². The fraction of sp³-hybridized carbons (Fsp3) is 0.500. The van der Waals surface area contributed by atoms with E-state index in [4.69, 9.17) is 16.0 Å². The molecule has 0 spiro atoms. The van der Waals surface area contributed by atoms with Gasteiger partial charge >= 0.3 is 0 Å². The average molecular weight is 296 g/mol. The van der Waals surface area contributed by atoms with Crippen LogP contribution in [0.3, 0.4) is 0 Å². The van der Waals surface area contributed by atoms with E-state index in [2.05, 4.69) is 18.7 Å². The second-order valence-electron chi connectivity index (χ2n) is 5.56. The predicted octanol–water partition coefficient (Wildman–Crippen LogP) is 4.24. The summed E-state index contributed by atoms with van der Waals surface area (Å²) < 4.78 is 5.78. The van der Waals surface area contributed by atoms with Gasteiger partial charge in [0.25, 0.3) is 0 Å². The molecule has 0 bridgehead atoms. The van der Waals surface area contributed by atoms with E-state index in [1.807, 2.05) is 32.0 Å². The van der Waals surface area contributed by atoms with Gasteiger partial charge in [-0.15, -0.1) is 0 Å². The number of halogens is 1. The van der Waals surface area contributed by atoms with Gasteiger partial charge in [0.15, 0.2) is 0 Å². The van der Waals surface area contributed by atoms with Gasteiger partial charge < -0.3 is 9.52 Å². The van der Waals surface area contributed by atoms with E-state index in [0.29, 0.717) is 10.8 Å². The van der Waals surface area contributed by atoms with E-state index in [9.17, 15) is 5.11 Å². The molecular formula is C16H22ClNO2. The normalized spacial score (nSPS) is 14.2. The van der Waals surface area contributed by atoms with Crippen molar-refractivity contribution in [3.8, 4) is 0 Å². The Morgan fingerprint density at radius 2 is 1.90 bits per heavy atom. The fourth-order valence-corrected chi connectivity index (χ4v) is 2.91. The van der Waals surface area contributed by atoms with Crippen LogP contribution in [0, 0.1) is 0 Å². The molecule has 1 N–H and O–H groups in total. The topological polar surface area (TPSA) is 36.6 Å². The number of furan rings is 1. The quantitative estimate of drug-likeness (QED) is 0.896. The number of fused-ring (bicyclic) bond motifs is 1. The molecule has 1 unspecified atom stereocenters. The maximum atomic E-state index is 10.7. The van der Waals surface area contributed by atoms with Crippen LogP contribution in [0.4, 0.5) is 0 Å². The summed E-state index contributed by atoms with van der Waals surface area (Å²) in [6, 6.07) is 7.34. The SMILES string of the molecule is CCN(CC)C(C)(C)C(O)c1cc2cc(Cl)ccc2o1. The number of benzene rings is 1. The minimum absolute atomic E-state index is 0.388. The van der Waals surface area contributed by atoms with Crippen molar-refractivity contribution in [3.05, 3.63) is 35.0 Å². The minimum atomic E-state index is -0.687. The fourth-order valence-electron chi connectivity index (χ4n) is 2.73. The van der Waals surface area contributed by atoms with Crippen molar-refractivity contribution >= 4 is 22.6 Å². The van der Waals surface area contributed by atoms with Crippen LogP contribution in [0.2, 0.25) is 5.02 Å². The van der Waals surface area contributed by atoms with Crippen molar-refractivity contribution in [2.24, 2.45) is 0 Å². The van der Waals surface area contributed by atoms with Gasteiger partial charge in [-0.2, -0.15) is 0 Å². The molecule has 2 aromatic rings. The van der Waals surface area contributed by atoms with Crippen molar-refractivity contribution < 1.29 is 9.52 Å². The number of aliphatic hydroxyl groups is 1. The predicted molar refractivity (Wildman–Crippen MR) is 83.2 cm³/mol. The number of aliphatic hydroxyl groups excluding tert-OH is 1. The Bertz CT molecular complexity index is 587. The zero-order chi connectivity index (χ0) is 14.9. The molecule has 0 saturated carbocycles. The molecule has 3 nitrogen and oxygen atoms in total. The molecule has 0 amide bonds. The molecule has 110 valence electrons. The van der Waals surface area contributed by atoms with Gasteiger partial charge in [0, 0.05) is 15.9 Å². The Morgan fingerprint density at radius 3 is 2.50 bits per heavy atom. The van der Waals surface area contributed by atoms with Gasteiger partial charge in [0.2, 0.25) is 0 Å². The minimum Gasteiger partial charge on any atom is -0.458 e. The number of hydrogen-bond acceptors (Lipinski definition) is 3. The average Bonchev–Trinajstić information content (AvgIpc) is 2.81. The van der Waals surface area contributed by atoms with E-state index in [-0.39, 0.29) is 5.54 Å². The summed E-state index contributed by atoms with van der Waals surface area (Å²) in [5.74, 6) is 0.583. The Labute approximate surface area is 125 Å². The Kier molecular flexibility index (Phi) is 4.43. The number of likely N-dealkylation sites (N-methyl/N-ethyl adjacent to an activating group) is 1. The number of rotatable bonds is 5. The van der Waals surface area contributed by atoms with Crippen LogP contribution in [0.25, 0.3) is 11.0 Å². The Morgan fingerprint density at radius 1 is 1.25 bits per heavy atom. The van der Waals surface area contributed by atoms with E-state index in [1.165, 1.54) is 0 Å². The molecule has 1 aromatic carbocycles. The molecule has 4 heteroatoms. The first-order valence-corrected chi connectivity index (χ1v) is 7.40. The van der Waals surface area contributed by atoms with Gasteiger partial charge in [-0.25, -0.2) is 0 Å². The van der Waals surface area contributed by atoms with Gasteiger partial charge in [0.1, 0.15) is 17.4 Å². The lowest BCUT2D eigenvalue weighted by Crippen LogP contribution is -2.48. The molecule has 0 aliphatic carbocycles. The van der Waals surface area contributed by atoms with Crippen molar-refractivity contribution in [2.45, 2.75) is 39.3 Å². The van der Waals surface area contributed by atoms with E-state index >= 15 is 0 Å². The van der Waals surface area contributed by atoms with Crippen LogP contribution >= 0.6 is 11.6 Å². The lowest BCUT2D eigenvalue weighted by Gasteiger charge is -2.40. The smallest absolute Gasteiger partial charge is 0.135 e. The van der Waals surface area contributed by atoms with Crippen LogP contribution in [-0.4, -0.2) is 28.6 Å². The molecule has 1 atom stereocenters. The summed E-state index contributed by atoms with van der Waals surface area (Å²) in [6.07, 6.45) is -0.687. The van der Waals surface area contributed by atoms with Gasteiger partial charge in [-0.05, 0) is 51.2 Å². The summed E-state index contributed by atoms with van der Waals surface area (Å²) in [6.45, 7) is 10.0. The molecular weight excluding hydrogens is 274 g/mol. The van der Waals surface area contributed by atoms with Crippen molar-refractivity contribution in [3.63, 3.8) is 0 Å². The van der Waals surface area contributed by atoms with Crippen molar-refractivity contribution in [2.75, 3.05) is 13.1 Å². The monoisotopic (exact) mass is 295 g/mol. The second kappa shape index (κ2) is 5.76. The lowest BCUT2D eigenvalue weighted by atomic mass is 9.93. The zero-order valence-corrected chi connectivity index (χ0v) is 13.2. The third kappa shape index (κ3) is 2.71. The highest BCUT2D eigenvalue weighted by atomic mass is 35.5. The summed E-state index contributed by atoms with van der Waals surface area (Å²) in [7, 11) is 0. The summed E-state index contributed by atoms with van der Waals surface area (Å²) in [5.41, 5.74) is 0.361. The number of nitrogens with zero attached hydrogens (tertiary/aromatic N) is 1. The van der Waals surface area contributed by atoms with Crippen LogP contribution < -0.4 is 0 Å². The van der Waals surface area contributed by atoms with Gasteiger partial charge in [-0.1, -0.05) is 25.4 Å². The largest absolute Gasteiger partial charge is 0.458 e. The number of hydrogen-bond donors (Lipinski definition) is 1. The van der Waals surface area contributed by atoms with Gasteiger partial charge in [-0.3, -0.25) is 4.90 Å². The summed E-state index contributed by atoms with van der Waals surface area (Å²) >= 11 is 5.98. The molecule has 0 fully saturated rings. The third-order valence-corrected chi connectivity index (χ3v) is 4.25. The Balaban J connectivity index is 2.37. The van der Waals surface area contributed by atoms with Crippen molar-refractivity contribution in [1.82, 2.24) is 4.90 Å². The highest BCUT2D eigenvalue weighted by Crippen LogP contribution is 2.34. The van der Waals surface area contributed by atoms with Crippen LogP contribution in [0.1, 0.15) is 39.6 Å². The first-order valence-electron chi connectivity index (χ1n) is 7.02. The first-order chi connectivity index (χ1) is 9.40. The molecule has 1 heterocycles. The molecule has 0 radical (unpaired) electrons. The molecule has 1 aromatic heterocycles. The lowest BCUT2D eigenvalue weighted by molar-refractivity contribution is -0.0171. The van der Waals surface area contributed by atoms with Crippen LogP contribution in [0.15, 0.2) is 28.7 Å². The van der Waals surface area contributed by atoms with E-state index < -0.39 is 6.10 Å². The van der Waals surface area contributed by atoms with Crippen molar-refractivity contribution in [1.29, 1.82) is 0 Å². The summed E-state index contributed by atoms with van der Waals surface area (Å²) in [4.78, 5) is 2.22. The summed E-state index contributed by atoms with van der Waals surface area (Å²) in [5, 5.41) is 12.3. The molecule has 0 aliphatic rings. The highest BCUT2D eigenvalue weighted by molar-refractivity contribution is 6.31. The molecule has 0 saturated heterocycles. The molecule has 0 aliphatic heterocycles. The third-order valence-electron chi connectivity index (χ3n) is 4.01. The highest BCUT2D eigenvalue weighted by Gasteiger charge is 2.35. The van der Waals surface area contributed by atoms with E-state index in [0.717, 1.165) is 24.1 Å². The van der Waals surface area contributed by atoms with Gasteiger partial charge in [0.05, 0.1) is 0 Å². The second-order valence-corrected chi connectivity index (χ2v) is 6.00. The first kappa shape index (κ1) is 15.4. The maximum Gasteiger partial charge on any atom is 0.135 e. The zero-order valence-electron chi connectivity index (χ0n) is 12.5. The standard InChI is InChI=1S/C16H22ClNO2/c1-5-18(6-2)16(3,4)15(19)14-10-11-9-12(17)7-8-13(11)20-14/h7-10,15,19H,5-6H2,1-4H3. The van der Waals surface area contributed by atoms with Crippen LogP contribution in [0.5, 0.6) is 0 Å². The molecule has 20 heavy (non-hydrogen) atoms. The maximum absolute atomic E-state index is 10.7. The Hall–Kier alpha value is -1.03. The molecule has 2 rings (SSSR count). The van der Waals surface area contributed by atoms with E-state index in [1.54, 1.807) is 6.07 Å².